The van der Waals surface area contributed by atoms with E-state index in [9.17, 15) is 9.59 Å². The Morgan fingerprint density at radius 2 is 1.94 bits per heavy atom. The molecule has 0 bridgehead atoms. The summed E-state index contributed by atoms with van der Waals surface area (Å²) in [5, 5.41) is 8.91. The van der Waals surface area contributed by atoms with Gasteiger partial charge in [0.15, 0.2) is 0 Å². The Morgan fingerprint density at radius 1 is 1.35 bits per heavy atom. The average Bonchev–Trinajstić information content (AvgIpc) is 2.62. The van der Waals surface area contributed by atoms with Gasteiger partial charge in [0.1, 0.15) is 6.54 Å². The second kappa shape index (κ2) is 5.52. The molecule has 1 heterocycles. The first-order chi connectivity index (χ1) is 8.01. The van der Waals surface area contributed by atoms with Crippen molar-refractivity contribution >= 4 is 11.9 Å². The molecule has 94 valence electrons. The number of amides is 1. The molecule has 0 radical (unpaired) electrons. The van der Waals surface area contributed by atoms with Crippen LogP contribution in [0.3, 0.4) is 0 Å². The Balaban J connectivity index is 2.82. The number of likely N-dealkylation sites (N-methyl/N-ethyl adjacent to an activating group) is 1. The Morgan fingerprint density at radius 3 is 2.35 bits per heavy atom. The first-order valence-corrected chi connectivity index (χ1v) is 5.68. The molecule has 0 aliphatic heterocycles. The van der Waals surface area contributed by atoms with E-state index in [0.29, 0.717) is 18.8 Å². The summed E-state index contributed by atoms with van der Waals surface area (Å²) < 4.78 is 1.67. The van der Waals surface area contributed by atoms with Crippen molar-refractivity contribution in [3.05, 3.63) is 23.5 Å². The maximum atomic E-state index is 11.9. The fraction of sp³-hybridized carbons (Fsp3) is 0.500. The molecule has 0 unspecified atom stereocenters. The standard InChI is InChI=1S/C12H18N2O3/c1-4-13(5-2)11(15)8-14-7-6-10(9(14)3)12(16)17/h6-7H,4-5,8H2,1-3H3,(H,16,17). The van der Waals surface area contributed by atoms with Crippen LogP contribution < -0.4 is 0 Å². The van der Waals surface area contributed by atoms with Crippen molar-refractivity contribution < 1.29 is 14.7 Å². The predicted molar refractivity (Wildman–Crippen MR) is 64.1 cm³/mol. The van der Waals surface area contributed by atoms with Gasteiger partial charge >= 0.3 is 5.97 Å². The molecular formula is C12H18N2O3. The highest BCUT2D eigenvalue weighted by Crippen LogP contribution is 2.10. The quantitative estimate of drug-likeness (QED) is 0.842. The van der Waals surface area contributed by atoms with Crippen LogP contribution in [-0.2, 0) is 11.3 Å². The average molecular weight is 238 g/mol. The van der Waals surface area contributed by atoms with Crippen LogP contribution in [0.4, 0.5) is 0 Å². The number of carbonyl (C=O) groups is 2. The first kappa shape index (κ1) is 13.3. The summed E-state index contributed by atoms with van der Waals surface area (Å²) in [6.45, 7) is 7.09. The molecule has 5 heteroatoms. The van der Waals surface area contributed by atoms with Crippen molar-refractivity contribution in [1.29, 1.82) is 0 Å². The number of hydrogen-bond acceptors (Lipinski definition) is 2. The van der Waals surface area contributed by atoms with Gasteiger partial charge in [-0.3, -0.25) is 4.79 Å². The molecular weight excluding hydrogens is 220 g/mol. The minimum atomic E-state index is -0.962. The second-order valence-corrected chi connectivity index (χ2v) is 3.81. The number of carboxylic acid groups (broad SMARTS) is 1. The van der Waals surface area contributed by atoms with Crippen LogP contribution in [0.2, 0.25) is 0 Å². The summed E-state index contributed by atoms with van der Waals surface area (Å²) in [4.78, 5) is 24.4. The summed E-state index contributed by atoms with van der Waals surface area (Å²) in [6.07, 6.45) is 1.64. The van der Waals surface area contributed by atoms with Crippen LogP contribution >= 0.6 is 0 Å². The number of carboxylic acids is 1. The van der Waals surface area contributed by atoms with E-state index in [1.165, 1.54) is 6.07 Å². The zero-order valence-electron chi connectivity index (χ0n) is 10.4. The van der Waals surface area contributed by atoms with E-state index < -0.39 is 5.97 Å². The van der Waals surface area contributed by atoms with Crippen molar-refractivity contribution in [3.63, 3.8) is 0 Å². The molecule has 0 aliphatic rings. The molecule has 1 aromatic rings. The molecule has 0 spiro atoms. The third-order valence-electron chi connectivity index (χ3n) is 2.89. The van der Waals surface area contributed by atoms with Crippen LogP contribution in [0.1, 0.15) is 29.9 Å². The van der Waals surface area contributed by atoms with Crippen molar-refractivity contribution in [2.75, 3.05) is 13.1 Å². The number of hydrogen-bond donors (Lipinski definition) is 1. The van der Waals surface area contributed by atoms with E-state index in [1.54, 1.807) is 22.6 Å². The fourth-order valence-corrected chi connectivity index (χ4v) is 1.77. The third kappa shape index (κ3) is 2.87. The first-order valence-electron chi connectivity index (χ1n) is 5.68. The van der Waals surface area contributed by atoms with E-state index in [1.807, 2.05) is 13.8 Å². The molecule has 0 saturated heterocycles. The van der Waals surface area contributed by atoms with Gasteiger partial charge in [0, 0.05) is 25.0 Å². The van der Waals surface area contributed by atoms with E-state index in [0.717, 1.165) is 0 Å². The molecule has 1 aromatic heterocycles. The van der Waals surface area contributed by atoms with Crippen LogP contribution in [0.5, 0.6) is 0 Å². The van der Waals surface area contributed by atoms with Gasteiger partial charge in [0.25, 0.3) is 0 Å². The van der Waals surface area contributed by atoms with Crippen molar-refractivity contribution in [2.45, 2.75) is 27.3 Å². The number of aromatic carboxylic acids is 1. The monoisotopic (exact) mass is 238 g/mol. The Kier molecular flexibility index (Phi) is 4.31. The SMILES string of the molecule is CCN(CC)C(=O)Cn1ccc(C(=O)O)c1C. The van der Waals surface area contributed by atoms with Gasteiger partial charge in [-0.15, -0.1) is 0 Å². The lowest BCUT2D eigenvalue weighted by atomic mass is 10.2. The lowest BCUT2D eigenvalue weighted by molar-refractivity contribution is -0.131. The highest BCUT2D eigenvalue weighted by atomic mass is 16.4. The predicted octanol–water partition coefficient (Wildman–Crippen LogP) is 1.36. The van der Waals surface area contributed by atoms with Crippen LogP contribution in [-0.4, -0.2) is 39.5 Å². The highest BCUT2D eigenvalue weighted by Gasteiger charge is 2.15. The Bertz CT molecular complexity index is 419. The second-order valence-electron chi connectivity index (χ2n) is 3.81. The van der Waals surface area contributed by atoms with Gasteiger partial charge in [-0.05, 0) is 26.8 Å². The van der Waals surface area contributed by atoms with Crippen LogP contribution in [0.25, 0.3) is 0 Å². The summed E-state index contributed by atoms with van der Waals surface area (Å²) in [5.74, 6) is -0.956. The molecule has 0 atom stereocenters. The van der Waals surface area contributed by atoms with Gasteiger partial charge < -0.3 is 14.6 Å². The topological polar surface area (TPSA) is 62.5 Å². The van der Waals surface area contributed by atoms with Crippen molar-refractivity contribution in [1.82, 2.24) is 9.47 Å². The zero-order valence-corrected chi connectivity index (χ0v) is 10.4. The highest BCUT2D eigenvalue weighted by molar-refractivity contribution is 5.89. The molecule has 1 amide bonds. The maximum Gasteiger partial charge on any atom is 0.337 e. The minimum absolute atomic E-state index is 0.00522. The number of carbonyl (C=O) groups excluding carboxylic acids is 1. The number of nitrogens with zero attached hydrogens (tertiary/aromatic N) is 2. The Hall–Kier alpha value is -1.78. The maximum absolute atomic E-state index is 11.9. The smallest absolute Gasteiger partial charge is 0.337 e. The molecule has 1 N–H and O–H groups in total. The largest absolute Gasteiger partial charge is 0.478 e. The van der Waals surface area contributed by atoms with Gasteiger partial charge in [-0.25, -0.2) is 4.79 Å². The zero-order chi connectivity index (χ0) is 13.0. The van der Waals surface area contributed by atoms with Crippen molar-refractivity contribution in [3.8, 4) is 0 Å². The molecule has 1 rings (SSSR count). The lowest BCUT2D eigenvalue weighted by Gasteiger charge is -2.19. The fourth-order valence-electron chi connectivity index (χ4n) is 1.77. The van der Waals surface area contributed by atoms with E-state index in [4.69, 9.17) is 5.11 Å². The molecule has 0 aliphatic carbocycles. The lowest BCUT2D eigenvalue weighted by Crippen LogP contribution is -2.33. The van der Waals surface area contributed by atoms with Crippen LogP contribution in [0.15, 0.2) is 12.3 Å². The number of aromatic nitrogens is 1. The summed E-state index contributed by atoms with van der Waals surface area (Å²) in [5.41, 5.74) is 0.857. The summed E-state index contributed by atoms with van der Waals surface area (Å²) in [7, 11) is 0. The van der Waals surface area contributed by atoms with Crippen LogP contribution in [0, 0.1) is 6.92 Å². The van der Waals surface area contributed by atoms with E-state index in [-0.39, 0.29) is 18.0 Å². The van der Waals surface area contributed by atoms with Gasteiger partial charge in [-0.2, -0.15) is 0 Å². The van der Waals surface area contributed by atoms with Gasteiger partial charge in [-0.1, -0.05) is 0 Å². The minimum Gasteiger partial charge on any atom is -0.478 e. The summed E-state index contributed by atoms with van der Waals surface area (Å²) >= 11 is 0. The van der Waals surface area contributed by atoms with Gasteiger partial charge in [0.05, 0.1) is 5.56 Å². The van der Waals surface area contributed by atoms with E-state index >= 15 is 0 Å². The van der Waals surface area contributed by atoms with Crippen molar-refractivity contribution in [2.24, 2.45) is 0 Å². The van der Waals surface area contributed by atoms with Gasteiger partial charge in [0.2, 0.25) is 5.91 Å². The normalized spacial score (nSPS) is 10.3. The molecule has 0 aromatic carbocycles. The third-order valence-corrected chi connectivity index (χ3v) is 2.89. The summed E-state index contributed by atoms with van der Waals surface area (Å²) in [6, 6.07) is 1.52. The molecule has 5 nitrogen and oxygen atoms in total. The van der Waals surface area contributed by atoms with E-state index in [2.05, 4.69) is 0 Å². The Labute approximate surface area is 101 Å². The number of rotatable bonds is 5. The molecule has 17 heavy (non-hydrogen) atoms. The molecule has 0 saturated carbocycles. The molecule has 0 fully saturated rings.